The van der Waals surface area contributed by atoms with Crippen LogP contribution in [0, 0.1) is 23.7 Å². The fraction of sp³-hybridized carbons (Fsp3) is 0.867. The molecule has 39 heavy (non-hydrogen) atoms. The predicted octanol–water partition coefficient (Wildman–Crippen LogP) is 3.08. The predicted molar refractivity (Wildman–Crippen MR) is 149 cm³/mol. The third-order valence-corrected chi connectivity index (χ3v) is 8.60. The van der Waals surface area contributed by atoms with Crippen molar-refractivity contribution in [2.75, 3.05) is 14.1 Å². The summed E-state index contributed by atoms with van der Waals surface area (Å²) >= 11 is 0. The van der Waals surface area contributed by atoms with Gasteiger partial charge in [-0.05, 0) is 78.6 Å². The first-order valence-corrected chi connectivity index (χ1v) is 14.5. The van der Waals surface area contributed by atoms with Crippen LogP contribution in [0.3, 0.4) is 0 Å². The second-order valence-corrected chi connectivity index (χ2v) is 12.6. The highest BCUT2D eigenvalue weighted by molar-refractivity contribution is 5.96. The van der Waals surface area contributed by atoms with Gasteiger partial charge in [-0.2, -0.15) is 0 Å². The molecule has 3 N–H and O–H groups in total. The Morgan fingerprint density at radius 2 is 1.69 bits per heavy atom. The van der Waals surface area contributed by atoms with Crippen LogP contribution in [-0.2, 0) is 23.8 Å². The highest BCUT2D eigenvalue weighted by atomic mass is 16.7. The van der Waals surface area contributed by atoms with Crippen LogP contribution in [0.15, 0.2) is 11.6 Å². The first-order chi connectivity index (χ1) is 18.0. The molecule has 12 atom stereocenters. The second kappa shape index (κ2) is 14.0. The first kappa shape index (κ1) is 33.8. The number of esters is 1. The molecular weight excluding hydrogens is 502 g/mol. The highest BCUT2D eigenvalue weighted by Gasteiger charge is 2.44. The van der Waals surface area contributed by atoms with Crippen LogP contribution in [0.4, 0.5) is 0 Å². The molecule has 0 amide bonds. The summed E-state index contributed by atoms with van der Waals surface area (Å²) in [5.74, 6) is -2.81. The number of ether oxygens (including phenoxy) is 3. The van der Waals surface area contributed by atoms with Gasteiger partial charge in [0.15, 0.2) is 12.1 Å². The number of nitrogens with zero attached hydrogens (tertiary/aromatic N) is 1. The van der Waals surface area contributed by atoms with Gasteiger partial charge in [-0.1, -0.05) is 34.1 Å². The number of cyclic esters (lactones) is 1. The molecule has 1 saturated heterocycles. The quantitative estimate of drug-likeness (QED) is 0.439. The van der Waals surface area contributed by atoms with Crippen LogP contribution in [-0.4, -0.2) is 94.5 Å². The molecule has 0 aromatic carbocycles. The number of rotatable bonds is 5. The topological polar surface area (TPSA) is 126 Å². The lowest BCUT2D eigenvalue weighted by Gasteiger charge is -2.44. The van der Waals surface area contributed by atoms with Crippen LogP contribution in [0.2, 0.25) is 0 Å². The number of hydrogen-bond donors (Lipinski definition) is 3. The summed E-state index contributed by atoms with van der Waals surface area (Å²) in [6.45, 7) is 14.3. The minimum atomic E-state index is -1.54. The lowest BCUT2D eigenvalue weighted by atomic mass is 9.79. The van der Waals surface area contributed by atoms with E-state index in [1.54, 1.807) is 27.7 Å². The fourth-order valence-corrected chi connectivity index (χ4v) is 6.15. The van der Waals surface area contributed by atoms with Crippen molar-refractivity contribution in [3.05, 3.63) is 11.6 Å². The molecule has 0 radical (unpaired) electrons. The van der Waals surface area contributed by atoms with Crippen molar-refractivity contribution >= 4 is 11.8 Å². The number of carbonyl (C=O) groups excluding carboxylic acids is 2. The average molecular weight is 556 g/mol. The van der Waals surface area contributed by atoms with Crippen LogP contribution in [0.1, 0.15) is 81.1 Å². The van der Waals surface area contributed by atoms with Crippen LogP contribution < -0.4 is 0 Å². The Bertz CT molecular complexity index is 858. The molecule has 0 aromatic heterocycles. The number of likely N-dealkylation sites (N-methyl/N-ethyl adjacent to an activating group) is 1. The lowest BCUT2D eigenvalue weighted by Crippen LogP contribution is -2.56. The van der Waals surface area contributed by atoms with Gasteiger partial charge in [-0.25, -0.2) is 0 Å². The average Bonchev–Trinajstić information content (AvgIpc) is 2.85. The maximum atomic E-state index is 13.3. The summed E-state index contributed by atoms with van der Waals surface area (Å²) in [4.78, 5) is 28.5. The van der Waals surface area contributed by atoms with Crippen molar-refractivity contribution in [1.29, 1.82) is 0 Å². The number of allylic oxidation sites excluding steroid dienone is 1. The van der Waals surface area contributed by atoms with E-state index in [0.29, 0.717) is 31.3 Å². The summed E-state index contributed by atoms with van der Waals surface area (Å²) < 4.78 is 18.2. The molecule has 0 bridgehead atoms. The fourth-order valence-electron chi connectivity index (χ4n) is 6.15. The lowest BCUT2D eigenvalue weighted by molar-refractivity contribution is -0.283. The monoisotopic (exact) mass is 555 g/mol. The number of hydrogen-bond acceptors (Lipinski definition) is 9. The van der Waals surface area contributed by atoms with E-state index >= 15 is 0 Å². The van der Waals surface area contributed by atoms with Crippen LogP contribution >= 0.6 is 0 Å². The summed E-state index contributed by atoms with van der Waals surface area (Å²) in [6, 6.07) is -0.168. The van der Waals surface area contributed by atoms with E-state index in [-0.39, 0.29) is 29.8 Å². The molecule has 2 unspecified atom stereocenters. The Morgan fingerprint density at radius 1 is 1.08 bits per heavy atom. The van der Waals surface area contributed by atoms with Gasteiger partial charge in [0.2, 0.25) is 0 Å². The molecule has 2 aliphatic rings. The van der Waals surface area contributed by atoms with E-state index in [1.165, 1.54) is 6.08 Å². The molecule has 0 aromatic rings. The van der Waals surface area contributed by atoms with Gasteiger partial charge in [-0.3, -0.25) is 9.59 Å². The zero-order chi connectivity index (χ0) is 29.8. The minimum absolute atomic E-state index is 0.115. The third kappa shape index (κ3) is 8.33. The second-order valence-electron chi connectivity index (χ2n) is 12.6. The third-order valence-electron chi connectivity index (χ3n) is 8.60. The Morgan fingerprint density at radius 3 is 2.26 bits per heavy atom. The molecular formula is C30H53NO8. The Balaban J connectivity index is 2.48. The largest absolute Gasteiger partial charge is 0.459 e. The Kier molecular flexibility index (Phi) is 12.2. The van der Waals surface area contributed by atoms with Crippen molar-refractivity contribution in [1.82, 2.24) is 4.90 Å². The first-order valence-electron chi connectivity index (χ1n) is 14.5. The van der Waals surface area contributed by atoms with E-state index in [9.17, 15) is 24.9 Å². The van der Waals surface area contributed by atoms with E-state index in [4.69, 9.17) is 14.2 Å². The maximum Gasteiger partial charge on any atom is 0.311 e. The molecule has 226 valence electrons. The molecule has 0 aliphatic carbocycles. The van der Waals surface area contributed by atoms with Gasteiger partial charge >= 0.3 is 5.97 Å². The molecule has 1 fully saturated rings. The zero-order valence-corrected chi connectivity index (χ0v) is 25.6. The van der Waals surface area contributed by atoms with Gasteiger partial charge in [0.1, 0.15) is 17.8 Å². The number of Topliss-reactive ketones (excluding diaryl/α,β-unsaturated/α-hetero) is 1. The SMILES string of the molecule is CCC[C@H]1OC(=O)[C@H](C)[C@@H](O)[C@H](C)[C@@H](O[C@@H]2O[C@H](C)CC(N(C)C)C2O)[C@@H](C)C[C@@H](C)C(=O)/C(C)=C/[C@]1(C)O. The van der Waals surface area contributed by atoms with E-state index in [2.05, 4.69) is 0 Å². The van der Waals surface area contributed by atoms with Crippen molar-refractivity contribution in [3.63, 3.8) is 0 Å². The van der Waals surface area contributed by atoms with Crippen LogP contribution in [0.25, 0.3) is 0 Å². The maximum absolute atomic E-state index is 13.3. The molecule has 9 heteroatoms. The van der Waals surface area contributed by atoms with E-state index < -0.39 is 54.1 Å². The van der Waals surface area contributed by atoms with Crippen LogP contribution in [0.5, 0.6) is 0 Å². The molecule has 2 rings (SSSR count). The molecule has 9 nitrogen and oxygen atoms in total. The van der Waals surface area contributed by atoms with Gasteiger partial charge in [0.25, 0.3) is 0 Å². The number of aliphatic hydroxyl groups excluding tert-OH is 2. The highest BCUT2D eigenvalue weighted by Crippen LogP contribution is 2.34. The van der Waals surface area contributed by atoms with E-state index in [0.717, 1.165) is 0 Å². The van der Waals surface area contributed by atoms with E-state index in [1.807, 2.05) is 46.7 Å². The molecule has 0 saturated carbocycles. The van der Waals surface area contributed by atoms with Crippen molar-refractivity contribution in [2.45, 2.75) is 130 Å². The number of carbonyl (C=O) groups is 2. The summed E-state index contributed by atoms with van der Waals surface area (Å²) in [5, 5.41) is 33.7. The summed E-state index contributed by atoms with van der Waals surface area (Å²) in [7, 11) is 3.80. The van der Waals surface area contributed by atoms with Crippen molar-refractivity contribution in [3.8, 4) is 0 Å². The Labute approximate surface area is 234 Å². The van der Waals surface area contributed by atoms with Gasteiger partial charge in [0.05, 0.1) is 24.2 Å². The van der Waals surface area contributed by atoms with Gasteiger partial charge in [-0.15, -0.1) is 0 Å². The zero-order valence-electron chi connectivity index (χ0n) is 25.6. The summed E-state index contributed by atoms with van der Waals surface area (Å²) in [5.41, 5.74) is -1.14. The number of ketones is 1. The van der Waals surface area contributed by atoms with Crippen molar-refractivity contribution in [2.24, 2.45) is 23.7 Å². The van der Waals surface area contributed by atoms with Crippen molar-refractivity contribution < 1.29 is 39.1 Å². The minimum Gasteiger partial charge on any atom is -0.459 e. The summed E-state index contributed by atoms with van der Waals surface area (Å²) in [6.07, 6.45) is -0.986. The van der Waals surface area contributed by atoms with Gasteiger partial charge in [0, 0.05) is 17.9 Å². The standard InChI is InChI=1S/C30H53NO8/c1-11-12-23-30(8,36)15-18(4)24(32)16(2)13-17(3)27(20(6)25(33)21(7)28(35)38-23)39-29-26(34)22(31(9)10)14-19(5)37-29/h15-17,19-23,25-27,29,33-34,36H,11-14H2,1-10H3/b18-15+/t16-,17+,19-,20+,21-,22?,23-,25+,26?,27+,29+,30+/m1/s1. The Hall–Kier alpha value is -1.36. The normalized spacial score (nSPS) is 44.9. The molecule has 2 aliphatic heterocycles. The van der Waals surface area contributed by atoms with Gasteiger partial charge < -0.3 is 34.4 Å². The smallest absolute Gasteiger partial charge is 0.311 e. The molecule has 2 heterocycles. The molecule has 0 spiro atoms. The number of aliphatic hydroxyl groups is 3.